The van der Waals surface area contributed by atoms with E-state index in [2.05, 4.69) is 30.3 Å². The average molecular weight is 809 g/mol. The second-order valence-corrected chi connectivity index (χ2v) is 22.2. The van der Waals surface area contributed by atoms with E-state index in [1.165, 1.54) is 6.08 Å². The van der Waals surface area contributed by atoms with E-state index in [-0.39, 0.29) is 50.7 Å². The first-order valence-electron chi connectivity index (χ1n) is 19.6. The molecule has 0 heterocycles. The number of ether oxygens (including phenoxy) is 5. The highest BCUT2D eigenvalue weighted by molar-refractivity contribution is 6.76. The van der Waals surface area contributed by atoms with Crippen molar-refractivity contribution in [3.63, 3.8) is 0 Å². The molecule has 0 saturated heterocycles. The van der Waals surface area contributed by atoms with Gasteiger partial charge in [-0.05, 0) is 68.5 Å². The third kappa shape index (κ3) is 21.3. The molecule has 0 bridgehead atoms. The summed E-state index contributed by atoms with van der Waals surface area (Å²) >= 11 is 0. The minimum absolute atomic E-state index is 0.0132. The van der Waals surface area contributed by atoms with Crippen LogP contribution in [0.25, 0.3) is 6.08 Å². The van der Waals surface area contributed by atoms with E-state index in [4.69, 9.17) is 23.7 Å². The molecule has 13 heteroatoms. The number of esters is 3. The first kappa shape index (κ1) is 48.2. The summed E-state index contributed by atoms with van der Waals surface area (Å²) in [7, 11) is 0.108. The molecule has 0 aliphatic heterocycles. The van der Waals surface area contributed by atoms with Gasteiger partial charge in [-0.2, -0.15) is 0 Å². The van der Waals surface area contributed by atoms with Gasteiger partial charge < -0.3 is 34.3 Å². The van der Waals surface area contributed by atoms with Crippen LogP contribution >= 0.6 is 0 Å². The van der Waals surface area contributed by atoms with Crippen LogP contribution in [0.5, 0.6) is 5.75 Å². The van der Waals surface area contributed by atoms with Crippen molar-refractivity contribution in [2.45, 2.75) is 117 Å². The van der Waals surface area contributed by atoms with Gasteiger partial charge in [0.25, 0.3) is 0 Å². The molecular weight excluding hydrogens is 745 g/mol. The van der Waals surface area contributed by atoms with Crippen molar-refractivity contribution < 1.29 is 47.7 Å². The molecule has 2 rings (SSSR count). The van der Waals surface area contributed by atoms with Crippen molar-refractivity contribution in [2.24, 2.45) is 11.8 Å². The van der Waals surface area contributed by atoms with Crippen LogP contribution in [-0.2, 0) is 44.5 Å². The fourth-order valence-corrected chi connectivity index (χ4v) is 5.96. The second kappa shape index (κ2) is 24.0. The van der Waals surface area contributed by atoms with Gasteiger partial charge in [-0.3, -0.25) is 9.59 Å². The topological polar surface area (TPSA) is 156 Å². The first-order valence-corrected chi connectivity index (χ1v) is 23.3. The minimum atomic E-state index is -1.46. The van der Waals surface area contributed by atoms with Crippen LogP contribution in [0, 0.1) is 11.8 Å². The lowest BCUT2D eigenvalue weighted by molar-refractivity contribution is -0.173. The number of amides is 2. The van der Waals surface area contributed by atoms with Gasteiger partial charge in [-0.1, -0.05) is 101 Å². The van der Waals surface area contributed by atoms with Crippen molar-refractivity contribution in [1.82, 2.24) is 10.6 Å². The fraction of sp³-hybridized carbons (Fsp3) is 0.523. The molecule has 0 spiro atoms. The van der Waals surface area contributed by atoms with Crippen LogP contribution in [-0.4, -0.2) is 82.1 Å². The zero-order chi connectivity index (χ0) is 42.6. The van der Waals surface area contributed by atoms with Gasteiger partial charge in [-0.15, -0.1) is 0 Å². The van der Waals surface area contributed by atoms with E-state index in [0.29, 0.717) is 5.75 Å². The molecule has 2 aromatic carbocycles. The van der Waals surface area contributed by atoms with E-state index >= 15 is 0 Å². The Morgan fingerprint density at radius 3 is 2.14 bits per heavy atom. The average Bonchev–Trinajstić information content (AvgIpc) is 3.12. The SMILES string of the molecule is COc1ccc(C[C@@H](NC(=O)/C=C/C[C@H](OC(=O)C(CC(C)C)OC(=O)CCNC(=O)OC(C)(C)C)[C@@H](C)/C=C/c2ccccc2)C(=O)OCC[Si](C)(C)C)cc1. The lowest BCUT2D eigenvalue weighted by atomic mass is 9.99. The van der Waals surface area contributed by atoms with E-state index in [0.717, 1.165) is 17.2 Å². The quantitative estimate of drug-likeness (QED) is 0.0524. The number of hydrogen-bond acceptors (Lipinski definition) is 10. The summed E-state index contributed by atoms with van der Waals surface area (Å²) in [6, 6.07) is 16.7. The van der Waals surface area contributed by atoms with Gasteiger partial charge in [0.2, 0.25) is 5.91 Å². The van der Waals surface area contributed by atoms with Gasteiger partial charge in [0.05, 0.1) is 20.1 Å². The number of methoxy groups -OCH3 is 1. The van der Waals surface area contributed by atoms with Gasteiger partial charge in [0.15, 0.2) is 6.10 Å². The number of hydrogen-bond donors (Lipinski definition) is 2. The Labute approximate surface area is 340 Å². The predicted octanol–water partition coefficient (Wildman–Crippen LogP) is 7.68. The van der Waals surface area contributed by atoms with E-state index in [9.17, 15) is 24.0 Å². The molecule has 57 heavy (non-hydrogen) atoms. The molecule has 0 radical (unpaired) electrons. The molecule has 314 valence electrons. The van der Waals surface area contributed by atoms with Crippen LogP contribution in [0.2, 0.25) is 25.7 Å². The molecule has 2 aromatic rings. The number of rotatable bonds is 22. The summed E-state index contributed by atoms with van der Waals surface area (Å²) in [4.78, 5) is 64.9. The molecule has 1 unspecified atom stereocenters. The van der Waals surface area contributed by atoms with Gasteiger partial charge in [-0.25, -0.2) is 14.4 Å². The van der Waals surface area contributed by atoms with Crippen LogP contribution in [0.3, 0.4) is 0 Å². The number of carbonyl (C=O) groups is 5. The third-order valence-electron chi connectivity index (χ3n) is 8.40. The predicted molar refractivity (Wildman–Crippen MR) is 224 cm³/mol. The second-order valence-electron chi connectivity index (χ2n) is 16.6. The largest absolute Gasteiger partial charge is 0.497 e. The van der Waals surface area contributed by atoms with Crippen LogP contribution in [0.1, 0.15) is 71.9 Å². The summed E-state index contributed by atoms with van der Waals surface area (Å²) in [5.74, 6) is -2.10. The van der Waals surface area contributed by atoms with Crippen molar-refractivity contribution in [3.05, 3.63) is 84.0 Å². The Balaban J connectivity index is 2.22. The van der Waals surface area contributed by atoms with Gasteiger partial charge >= 0.3 is 24.0 Å². The number of carbonyl (C=O) groups excluding carboxylic acids is 5. The highest BCUT2D eigenvalue weighted by atomic mass is 28.3. The monoisotopic (exact) mass is 808 g/mol. The standard InChI is InChI=1S/C44H64N2O10Si/c1-31(2)29-38(54-40(48)25-26-45-43(51)56-44(4,5)6)42(50)55-37(32(3)19-20-33-15-12-11-13-16-33)17-14-18-39(47)46-36(41(49)53-27-28-57(8,9)10)30-34-21-23-35(52-7)24-22-34/h11-16,18-24,31-32,36-38H,17,25-30H2,1-10H3,(H,45,51)(H,46,47)/b18-14+,20-19+/t32-,36+,37-,38?/m0/s1. The summed E-state index contributed by atoms with van der Waals surface area (Å²) in [5.41, 5.74) is 1.07. The van der Waals surface area contributed by atoms with Crippen molar-refractivity contribution in [3.8, 4) is 5.75 Å². The molecule has 0 fully saturated rings. The van der Waals surface area contributed by atoms with E-state index in [1.54, 1.807) is 46.1 Å². The lowest BCUT2D eigenvalue weighted by Gasteiger charge is -2.25. The zero-order valence-electron chi connectivity index (χ0n) is 35.4. The normalized spacial score (nSPS) is 14.0. The van der Waals surface area contributed by atoms with E-state index in [1.807, 2.05) is 75.4 Å². The Morgan fingerprint density at radius 1 is 0.877 bits per heavy atom. The van der Waals surface area contributed by atoms with Crippen molar-refractivity contribution >= 4 is 44.1 Å². The maximum Gasteiger partial charge on any atom is 0.407 e. The minimum Gasteiger partial charge on any atom is -0.497 e. The number of nitrogens with one attached hydrogen (secondary N) is 2. The smallest absolute Gasteiger partial charge is 0.407 e. The Bertz CT molecular complexity index is 1630. The maximum absolute atomic E-state index is 13.6. The Hall–Kier alpha value is -4.91. The molecule has 0 aliphatic carbocycles. The molecule has 0 saturated carbocycles. The number of benzene rings is 2. The van der Waals surface area contributed by atoms with Gasteiger partial charge in [0.1, 0.15) is 23.5 Å². The molecule has 0 aliphatic rings. The molecule has 12 nitrogen and oxygen atoms in total. The summed E-state index contributed by atoms with van der Waals surface area (Å²) in [6.45, 7) is 17.7. The Morgan fingerprint density at radius 2 is 1.54 bits per heavy atom. The van der Waals surface area contributed by atoms with Crippen molar-refractivity contribution in [1.29, 1.82) is 0 Å². The lowest BCUT2D eigenvalue weighted by Crippen LogP contribution is -2.43. The van der Waals surface area contributed by atoms with Crippen LogP contribution in [0.4, 0.5) is 4.79 Å². The molecule has 2 amide bonds. The molecule has 4 atom stereocenters. The highest BCUT2D eigenvalue weighted by Gasteiger charge is 2.30. The highest BCUT2D eigenvalue weighted by Crippen LogP contribution is 2.20. The summed E-state index contributed by atoms with van der Waals surface area (Å²) < 4.78 is 27.7. The summed E-state index contributed by atoms with van der Waals surface area (Å²) in [5, 5.41) is 5.31. The molecular formula is C44H64N2O10Si. The third-order valence-corrected chi connectivity index (χ3v) is 10.1. The number of alkyl carbamates (subject to hydrolysis) is 1. The maximum atomic E-state index is 13.6. The first-order chi connectivity index (χ1) is 26.7. The van der Waals surface area contributed by atoms with Crippen molar-refractivity contribution in [2.75, 3.05) is 20.3 Å². The Kier molecular flexibility index (Phi) is 20.3. The summed E-state index contributed by atoms with van der Waals surface area (Å²) in [6.07, 6.45) is 4.53. The molecule has 2 N–H and O–H groups in total. The fourth-order valence-electron chi connectivity index (χ4n) is 5.24. The molecule has 0 aromatic heterocycles. The van der Waals surface area contributed by atoms with Crippen LogP contribution < -0.4 is 15.4 Å². The van der Waals surface area contributed by atoms with Crippen LogP contribution in [0.15, 0.2) is 72.8 Å². The zero-order valence-corrected chi connectivity index (χ0v) is 36.4. The van der Waals surface area contributed by atoms with Gasteiger partial charge in [0, 0.05) is 33.4 Å². The van der Waals surface area contributed by atoms with E-state index < -0.39 is 61.8 Å².